The molecule has 0 amide bonds. The molecule has 4 heteroatoms. The molecular weight excluding hydrogens is 382 g/mol. The molecule has 0 bridgehead atoms. The minimum absolute atomic E-state index is 0.0393. The van der Waals surface area contributed by atoms with Crippen LogP contribution >= 0.6 is 8.58 Å². The van der Waals surface area contributed by atoms with E-state index in [1.807, 2.05) is 6.92 Å². The standard InChI is InChI=1S/C25H34FO2P/c1-8-9-12-25(7,29-22-11-10-19(26)15-20(22)17(3)27)21-14-18(24(4,5)6)13-16(2)23(21)28/h10-11,13-15,28-29H,8-9,12H2,1-7H3. The monoisotopic (exact) mass is 416 g/mol. The molecule has 2 aromatic carbocycles. The fraction of sp³-hybridized carbons (Fsp3) is 0.480. The van der Waals surface area contributed by atoms with E-state index < -0.39 is 5.82 Å². The van der Waals surface area contributed by atoms with Crippen molar-refractivity contribution in [2.75, 3.05) is 0 Å². The van der Waals surface area contributed by atoms with E-state index in [1.54, 1.807) is 6.07 Å². The number of aryl methyl sites for hydroxylation is 1. The summed E-state index contributed by atoms with van der Waals surface area (Å²) >= 11 is 0. The van der Waals surface area contributed by atoms with Gasteiger partial charge in [0.2, 0.25) is 0 Å². The third-order valence-electron chi connectivity index (χ3n) is 5.56. The smallest absolute Gasteiger partial charge is 0.160 e. The van der Waals surface area contributed by atoms with Gasteiger partial charge >= 0.3 is 0 Å². The average Bonchev–Trinajstić information content (AvgIpc) is 2.62. The predicted molar refractivity (Wildman–Crippen MR) is 123 cm³/mol. The minimum Gasteiger partial charge on any atom is -0.507 e. The van der Waals surface area contributed by atoms with Crippen molar-refractivity contribution in [1.29, 1.82) is 0 Å². The molecule has 0 aliphatic carbocycles. The van der Waals surface area contributed by atoms with Crippen molar-refractivity contribution in [1.82, 2.24) is 0 Å². The summed E-state index contributed by atoms with van der Waals surface area (Å²) in [7, 11) is 0.249. The van der Waals surface area contributed by atoms with Gasteiger partial charge in [-0.05, 0) is 54.2 Å². The van der Waals surface area contributed by atoms with Crippen molar-refractivity contribution in [3.05, 3.63) is 58.4 Å². The highest BCUT2D eigenvalue weighted by Gasteiger charge is 2.32. The zero-order chi connectivity index (χ0) is 22.0. The third-order valence-corrected chi connectivity index (χ3v) is 7.34. The fourth-order valence-electron chi connectivity index (χ4n) is 3.64. The van der Waals surface area contributed by atoms with Crippen LogP contribution in [0.3, 0.4) is 0 Å². The van der Waals surface area contributed by atoms with E-state index in [1.165, 1.54) is 24.6 Å². The maximum absolute atomic E-state index is 13.8. The molecular formula is C25H34FO2P. The molecule has 0 aliphatic rings. The highest BCUT2D eigenvalue weighted by molar-refractivity contribution is 7.48. The van der Waals surface area contributed by atoms with Crippen LogP contribution in [0.4, 0.5) is 4.39 Å². The Hall–Kier alpha value is -1.73. The number of unbranched alkanes of at least 4 members (excludes halogenated alkanes) is 1. The lowest BCUT2D eigenvalue weighted by Gasteiger charge is -2.34. The van der Waals surface area contributed by atoms with Crippen LogP contribution in [0.2, 0.25) is 0 Å². The van der Waals surface area contributed by atoms with E-state index in [0.717, 1.165) is 35.7 Å². The SMILES string of the molecule is CCCCC(C)(Pc1ccc(F)cc1C(C)=O)c1cc(C(C)(C)C)cc(C)c1O. The first kappa shape index (κ1) is 23.5. The van der Waals surface area contributed by atoms with Gasteiger partial charge in [-0.15, -0.1) is 0 Å². The first-order valence-corrected chi connectivity index (χ1v) is 11.3. The lowest BCUT2D eigenvalue weighted by Crippen LogP contribution is -2.24. The van der Waals surface area contributed by atoms with E-state index >= 15 is 0 Å². The Balaban J connectivity index is 2.66. The van der Waals surface area contributed by atoms with Crippen molar-refractivity contribution in [3.8, 4) is 5.75 Å². The maximum Gasteiger partial charge on any atom is 0.160 e. The van der Waals surface area contributed by atoms with Crippen molar-refractivity contribution >= 4 is 19.7 Å². The van der Waals surface area contributed by atoms with Gasteiger partial charge in [0, 0.05) is 16.3 Å². The van der Waals surface area contributed by atoms with Gasteiger partial charge in [0.15, 0.2) is 5.78 Å². The fourth-order valence-corrected chi connectivity index (χ4v) is 5.41. The summed E-state index contributed by atoms with van der Waals surface area (Å²) in [6.45, 7) is 14.2. The highest BCUT2D eigenvalue weighted by Crippen LogP contribution is 2.50. The van der Waals surface area contributed by atoms with Crippen molar-refractivity contribution in [3.63, 3.8) is 0 Å². The van der Waals surface area contributed by atoms with Crippen LogP contribution in [0.1, 0.15) is 87.9 Å². The number of carbonyl (C=O) groups is 1. The molecule has 0 saturated heterocycles. The number of aromatic hydroxyl groups is 1. The van der Waals surface area contributed by atoms with Crippen LogP contribution in [-0.4, -0.2) is 10.9 Å². The van der Waals surface area contributed by atoms with E-state index in [-0.39, 0.29) is 24.9 Å². The third kappa shape index (κ3) is 5.45. The topological polar surface area (TPSA) is 37.3 Å². The number of carbonyl (C=O) groups excluding carboxylic acids is 1. The number of rotatable bonds is 7. The van der Waals surface area contributed by atoms with Crippen LogP contribution in [0.25, 0.3) is 0 Å². The van der Waals surface area contributed by atoms with Crippen LogP contribution < -0.4 is 5.30 Å². The molecule has 0 radical (unpaired) electrons. The van der Waals surface area contributed by atoms with Crippen LogP contribution in [0.15, 0.2) is 30.3 Å². The molecule has 0 aliphatic heterocycles. The Morgan fingerprint density at radius 2 is 1.79 bits per heavy atom. The number of ketones is 1. The van der Waals surface area contributed by atoms with E-state index in [4.69, 9.17) is 0 Å². The summed E-state index contributed by atoms with van der Waals surface area (Å²) < 4.78 is 13.8. The summed E-state index contributed by atoms with van der Waals surface area (Å²) in [5.74, 6) is -0.197. The molecule has 29 heavy (non-hydrogen) atoms. The Morgan fingerprint density at radius 1 is 1.14 bits per heavy atom. The summed E-state index contributed by atoms with van der Waals surface area (Å²) in [4.78, 5) is 12.1. The first-order chi connectivity index (χ1) is 13.4. The van der Waals surface area contributed by atoms with E-state index in [9.17, 15) is 14.3 Å². The molecule has 0 fully saturated rings. The normalized spacial score (nSPS) is 14.3. The molecule has 158 valence electrons. The Labute approximate surface area is 176 Å². The largest absolute Gasteiger partial charge is 0.507 e. The van der Waals surface area contributed by atoms with Gasteiger partial charge in [-0.2, -0.15) is 0 Å². The molecule has 2 aromatic rings. The van der Waals surface area contributed by atoms with Crippen LogP contribution in [0.5, 0.6) is 5.75 Å². The minimum atomic E-state index is -0.396. The molecule has 1 N–H and O–H groups in total. The van der Waals surface area contributed by atoms with E-state index in [0.29, 0.717) is 11.3 Å². The number of hydrogen-bond donors (Lipinski definition) is 1. The highest BCUT2D eigenvalue weighted by atomic mass is 31.1. The summed E-state index contributed by atoms with van der Waals surface area (Å²) in [5, 5.41) is 11.5. The van der Waals surface area contributed by atoms with Gasteiger partial charge in [-0.1, -0.05) is 74.2 Å². The second kappa shape index (κ2) is 8.96. The summed E-state index contributed by atoms with van der Waals surface area (Å²) in [6, 6.07) is 8.67. The first-order valence-electron chi connectivity index (χ1n) is 10.3. The zero-order valence-electron chi connectivity index (χ0n) is 18.7. The number of phenolic OH excluding ortho intramolecular Hbond substituents is 1. The Morgan fingerprint density at radius 3 is 2.34 bits per heavy atom. The average molecular weight is 417 g/mol. The van der Waals surface area contributed by atoms with Crippen molar-refractivity contribution in [2.45, 2.75) is 78.3 Å². The van der Waals surface area contributed by atoms with E-state index in [2.05, 4.69) is 46.8 Å². The van der Waals surface area contributed by atoms with Crippen LogP contribution in [-0.2, 0) is 10.6 Å². The second-order valence-corrected chi connectivity index (χ2v) is 11.1. The number of phenols is 1. The van der Waals surface area contributed by atoms with Gasteiger partial charge in [0.05, 0.1) is 0 Å². The van der Waals surface area contributed by atoms with Gasteiger partial charge in [0.25, 0.3) is 0 Å². The molecule has 0 aromatic heterocycles. The van der Waals surface area contributed by atoms with Gasteiger partial charge in [0.1, 0.15) is 11.6 Å². The molecule has 0 heterocycles. The molecule has 2 atom stereocenters. The summed E-state index contributed by atoms with van der Waals surface area (Å²) in [6.07, 6.45) is 2.94. The van der Waals surface area contributed by atoms with Gasteiger partial charge in [-0.25, -0.2) is 4.39 Å². The number of Topliss-reactive ketones (excluding diaryl/α,β-unsaturated/α-hetero) is 1. The quantitative estimate of drug-likeness (QED) is 0.400. The van der Waals surface area contributed by atoms with Gasteiger partial charge in [-0.3, -0.25) is 4.79 Å². The molecule has 2 nitrogen and oxygen atoms in total. The Bertz CT molecular complexity index is 898. The van der Waals surface area contributed by atoms with Crippen molar-refractivity contribution < 1.29 is 14.3 Å². The summed E-state index contributed by atoms with van der Waals surface area (Å²) in [5.41, 5.74) is 3.37. The predicted octanol–water partition coefficient (Wildman–Crippen LogP) is 6.75. The molecule has 0 saturated carbocycles. The Kier molecular flexibility index (Phi) is 7.28. The molecule has 2 unspecified atom stereocenters. The number of hydrogen-bond acceptors (Lipinski definition) is 2. The lowest BCUT2D eigenvalue weighted by atomic mass is 9.82. The number of halogens is 1. The van der Waals surface area contributed by atoms with Crippen LogP contribution in [0, 0.1) is 12.7 Å². The molecule has 2 rings (SSSR count). The van der Waals surface area contributed by atoms with Gasteiger partial charge < -0.3 is 5.11 Å². The molecule has 0 spiro atoms. The zero-order valence-corrected chi connectivity index (χ0v) is 19.7. The maximum atomic E-state index is 13.8. The second-order valence-electron chi connectivity index (χ2n) is 9.25. The number of benzene rings is 2. The van der Waals surface area contributed by atoms with Crippen molar-refractivity contribution in [2.24, 2.45) is 0 Å². The lowest BCUT2D eigenvalue weighted by molar-refractivity contribution is 0.101.